The summed E-state index contributed by atoms with van der Waals surface area (Å²) in [6.45, 7) is 1.60. The molecule has 0 unspecified atom stereocenters. The number of aromatic nitrogens is 5. The third kappa shape index (κ3) is 4.64. The van der Waals surface area contributed by atoms with Crippen LogP contribution in [0.3, 0.4) is 0 Å². The molecule has 11 heteroatoms. The van der Waals surface area contributed by atoms with E-state index in [0.29, 0.717) is 35.5 Å². The summed E-state index contributed by atoms with van der Waals surface area (Å²) < 4.78 is 10.3. The van der Waals surface area contributed by atoms with Gasteiger partial charge in [0.05, 0.1) is 24.7 Å². The van der Waals surface area contributed by atoms with Gasteiger partial charge in [-0.1, -0.05) is 12.1 Å². The number of imidazole rings is 1. The SMILES string of the molecule is COc1cc(C(=O)N2C[C@H]3CC[C@@H]2[C@@H]3N)cc2nc(-c3cc4ccc(-c5cnc(CC(N)=O)nc5)cc4n3CC3CC3)n(C)c12. The van der Waals surface area contributed by atoms with Gasteiger partial charge in [0, 0.05) is 66.6 Å². The van der Waals surface area contributed by atoms with Gasteiger partial charge in [0.15, 0.2) is 5.82 Å². The van der Waals surface area contributed by atoms with Gasteiger partial charge in [0.2, 0.25) is 5.91 Å². The van der Waals surface area contributed by atoms with Crippen LogP contribution in [-0.4, -0.2) is 66.5 Å². The summed E-state index contributed by atoms with van der Waals surface area (Å²) in [5.41, 5.74) is 17.8. The van der Waals surface area contributed by atoms with Crippen molar-refractivity contribution >= 4 is 33.8 Å². The van der Waals surface area contributed by atoms with Crippen LogP contribution in [0, 0.1) is 11.8 Å². The molecule has 3 atom stereocenters. The number of ether oxygens (including phenoxy) is 1. The third-order valence-corrected chi connectivity index (χ3v) is 9.96. The van der Waals surface area contributed by atoms with Gasteiger partial charge >= 0.3 is 0 Å². The first-order valence-corrected chi connectivity index (χ1v) is 15.6. The molecule has 230 valence electrons. The maximum atomic E-state index is 13.7. The summed E-state index contributed by atoms with van der Waals surface area (Å²) in [5.74, 6) is 2.38. The number of fused-ring (bicyclic) bond motifs is 4. The molecule has 0 spiro atoms. The number of nitrogens with zero attached hydrogens (tertiary/aromatic N) is 6. The van der Waals surface area contributed by atoms with Crippen molar-refractivity contribution in [2.75, 3.05) is 13.7 Å². The summed E-state index contributed by atoms with van der Waals surface area (Å²) in [4.78, 5) is 40.8. The van der Waals surface area contributed by atoms with E-state index in [4.69, 9.17) is 21.2 Å². The molecule has 4 heterocycles. The average Bonchev–Trinajstić information content (AvgIpc) is 3.44. The van der Waals surface area contributed by atoms with E-state index >= 15 is 0 Å². The Morgan fingerprint density at radius 3 is 2.49 bits per heavy atom. The molecule has 45 heavy (non-hydrogen) atoms. The van der Waals surface area contributed by atoms with Gasteiger partial charge in [-0.25, -0.2) is 15.0 Å². The number of amides is 2. The number of nitrogens with two attached hydrogens (primary N) is 2. The molecule has 5 aromatic rings. The fourth-order valence-electron chi connectivity index (χ4n) is 7.39. The molecule has 1 saturated heterocycles. The zero-order valence-corrected chi connectivity index (χ0v) is 25.4. The lowest BCUT2D eigenvalue weighted by atomic mass is 10.1. The molecule has 3 aliphatic rings. The van der Waals surface area contributed by atoms with Gasteiger partial charge in [0.25, 0.3) is 5.91 Å². The minimum atomic E-state index is -0.458. The minimum absolute atomic E-state index is 0.00734. The largest absolute Gasteiger partial charge is 0.494 e. The highest BCUT2D eigenvalue weighted by molar-refractivity contribution is 6.00. The standard InChI is InChI=1S/C34H36N8O3/c1-40-32-24(9-22(12-28(32)45-2)34(44)42-17-21-7-8-25(42)31(21)36)39-33(40)27-11-20-6-5-19(10-26(20)41(27)16-18-3-4-18)23-14-37-30(38-15-23)13-29(35)43/h5-6,9-12,14-15,18,21,25,31H,3-4,7-8,13,16-17,36H2,1-2H3,(H2,35,43)/t21-,25-,31-/m1/s1. The second-order valence-corrected chi connectivity index (χ2v) is 12.9. The van der Waals surface area contributed by atoms with E-state index in [9.17, 15) is 9.59 Å². The molecular weight excluding hydrogens is 568 g/mol. The molecule has 2 saturated carbocycles. The lowest BCUT2D eigenvalue weighted by molar-refractivity contribution is -0.117. The van der Waals surface area contributed by atoms with Gasteiger partial charge < -0.3 is 30.2 Å². The van der Waals surface area contributed by atoms with Crippen LogP contribution in [0.2, 0.25) is 0 Å². The summed E-state index contributed by atoms with van der Waals surface area (Å²) in [6, 6.07) is 12.4. The zero-order valence-electron chi connectivity index (χ0n) is 25.4. The maximum Gasteiger partial charge on any atom is 0.254 e. The molecule has 2 aliphatic carbocycles. The number of carbonyl (C=O) groups excluding carboxylic acids is 2. The topological polar surface area (TPSA) is 147 Å². The fourth-order valence-corrected chi connectivity index (χ4v) is 7.39. The molecular formula is C34H36N8O3. The predicted octanol–water partition coefficient (Wildman–Crippen LogP) is 3.66. The van der Waals surface area contributed by atoms with Crippen molar-refractivity contribution in [1.82, 2.24) is 29.0 Å². The van der Waals surface area contributed by atoms with Crippen LogP contribution in [0.5, 0.6) is 5.75 Å². The number of aryl methyl sites for hydroxylation is 1. The Morgan fingerprint density at radius 2 is 1.82 bits per heavy atom. The number of rotatable bonds is 8. The molecule has 0 radical (unpaired) electrons. The van der Waals surface area contributed by atoms with Crippen LogP contribution in [0.1, 0.15) is 41.9 Å². The Bertz CT molecular complexity index is 1990. The van der Waals surface area contributed by atoms with Crippen LogP contribution in [0.15, 0.2) is 48.8 Å². The highest BCUT2D eigenvalue weighted by Crippen LogP contribution is 2.40. The quantitative estimate of drug-likeness (QED) is 0.275. The van der Waals surface area contributed by atoms with E-state index in [2.05, 4.69) is 43.4 Å². The van der Waals surface area contributed by atoms with Crippen LogP contribution in [0.25, 0.3) is 44.6 Å². The van der Waals surface area contributed by atoms with Crippen molar-refractivity contribution in [1.29, 1.82) is 0 Å². The lowest BCUT2D eigenvalue weighted by Gasteiger charge is -2.27. The molecule has 1 aliphatic heterocycles. The predicted molar refractivity (Wildman–Crippen MR) is 170 cm³/mol. The number of methoxy groups -OCH3 is 1. The van der Waals surface area contributed by atoms with Crippen molar-refractivity contribution in [2.45, 2.75) is 50.7 Å². The van der Waals surface area contributed by atoms with Crippen molar-refractivity contribution in [3.8, 4) is 28.4 Å². The zero-order chi connectivity index (χ0) is 31.0. The molecule has 2 amide bonds. The highest BCUT2D eigenvalue weighted by atomic mass is 16.5. The van der Waals surface area contributed by atoms with Crippen molar-refractivity contribution in [2.24, 2.45) is 30.4 Å². The van der Waals surface area contributed by atoms with Crippen molar-refractivity contribution in [3.63, 3.8) is 0 Å². The lowest BCUT2D eigenvalue weighted by Crippen LogP contribution is -2.41. The second kappa shape index (κ2) is 10.4. The molecule has 3 aromatic heterocycles. The molecule has 2 bridgehead atoms. The Kier molecular flexibility index (Phi) is 6.42. The number of hydrogen-bond acceptors (Lipinski definition) is 7. The number of likely N-dealkylation sites (tertiary alicyclic amines) is 1. The smallest absolute Gasteiger partial charge is 0.254 e. The minimum Gasteiger partial charge on any atom is -0.494 e. The first kappa shape index (κ1) is 27.8. The normalized spacial score (nSPS) is 20.9. The molecule has 11 nitrogen and oxygen atoms in total. The Balaban J connectivity index is 1.20. The Morgan fingerprint density at radius 1 is 1.02 bits per heavy atom. The highest BCUT2D eigenvalue weighted by Gasteiger charge is 2.47. The van der Waals surface area contributed by atoms with Gasteiger partial charge in [-0.15, -0.1) is 0 Å². The van der Waals surface area contributed by atoms with Gasteiger partial charge in [-0.05, 0) is 67.3 Å². The number of benzene rings is 2. The number of primary amides is 1. The first-order valence-electron chi connectivity index (χ1n) is 15.6. The fraction of sp³-hybridized carbons (Fsp3) is 0.382. The van der Waals surface area contributed by atoms with Gasteiger partial charge in [0.1, 0.15) is 17.1 Å². The van der Waals surface area contributed by atoms with E-state index < -0.39 is 5.91 Å². The van der Waals surface area contributed by atoms with Crippen molar-refractivity contribution in [3.05, 3.63) is 60.2 Å². The van der Waals surface area contributed by atoms with E-state index in [0.717, 1.165) is 64.0 Å². The summed E-state index contributed by atoms with van der Waals surface area (Å²) in [7, 11) is 3.64. The van der Waals surface area contributed by atoms with Crippen LogP contribution in [0.4, 0.5) is 0 Å². The van der Waals surface area contributed by atoms with E-state index in [-0.39, 0.29) is 24.4 Å². The summed E-state index contributed by atoms with van der Waals surface area (Å²) in [6.07, 6.45) is 7.95. The molecule has 4 N–H and O–H groups in total. The van der Waals surface area contributed by atoms with Crippen LogP contribution in [-0.2, 0) is 24.8 Å². The Labute approximate surface area is 260 Å². The van der Waals surface area contributed by atoms with E-state index in [1.165, 1.54) is 12.8 Å². The van der Waals surface area contributed by atoms with E-state index in [1.807, 2.05) is 24.1 Å². The monoisotopic (exact) mass is 604 g/mol. The van der Waals surface area contributed by atoms with Crippen LogP contribution >= 0.6 is 0 Å². The number of hydrogen-bond donors (Lipinski definition) is 2. The third-order valence-electron chi connectivity index (χ3n) is 9.96. The van der Waals surface area contributed by atoms with Gasteiger partial charge in [-0.3, -0.25) is 9.59 Å². The van der Waals surface area contributed by atoms with E-state index in [1.54, 1.807) is 19.5 Å². The van der Waals surface area contributed by atoms with Gasteiger partial charge in [-0.2, -0.15) is 0 Å². The van der Waals surface area contributed by atoms with Crippen LogP contribution < -0.4 is 16.2 Å². The first-order chi connectivity index (χ1) is 21.8. The number of piperidine rings is 1. The van der Waals surface area contributed by atoms with Crippen molar-refractivity contribution < 1.29 is 14.3 Å². The average molecular weight is 605 g/mol. The summed E-state index contributed by atoms with van der Waals surface area (Å²) in [5, 5.41) is 1.11. The molecule has 3 fully saturated rings. The summed E-state index contributed by atoms with van der Waals surface area (Å²) >= 11 is 0. The Hall–Kier alpha value is -4.77. The molecule has 8 rings (SSSR count). The molecule has 2 aromatic carbocycles. The maximum absolute atomic E-state index is 13.7. The second-order valence-electron chi connectivity index (χ2n) is 12.9. The number of carbonyl (C=O) groups is 2.